The Labute approximate surface area is 151 Å². The van der Waals surface area contributed by atoms with Crippen LogP contribution in [-0.4, -0.2) is 27.3 Å². The quantitative estimate of drug-likeness (QED) is 0.834. The lowest BCUT2D eigenvalue weighted by Gasteiger charge is -2.42. The maximum atomic E-state index is 12.7. The highest BCUT2D eigenvalue weighted by Gasteiger charge is 2.65. The summed E-state index contributed by atoms with van der Waals surface area (Å²) in [5.74, 6) is 0.228. The second-order valence-corrected chi connectivity index (χ2v) is 9.07. The standard InChI is InChI=1S/C21H31NO3/c1-14-12-17(13-15(2)22-14)16-6-8-21(24,9-7-16)20(10-11-20)18(23)25-19(3,4)5/h12-13,16,24H,6-11H2,1-5H3. The van der Waals surface area contributed by atoms with Gasteiger partial charge in [0.05, 0.1) is 11.0 Å². The summed E-state index contributed by atoms with van der Waals surface area (Å²) >= 11 is 0. The summed E-state index contributed by atoms with van der Waals surface area (Å²) in [6, 6.07) is 4.31. The molecule has 0 bridgehead atoms. The molecule has 0 amide bonds. The monoisotopic (exact) mass is 345 g/mol. The molecule has 4 nitrogen and oxygen atoms in total. The molecule has 0 aliphatic heterocycles. The Morgan fingerprint density at radius 1 is 1.12 bits per heavy atom. The second-order valence-electron chi connectivity index (χ2n) is 9.07. The van der Waals surface area contributed by atoms with Gasteiger partial charge in [-0.25, -0.2) is 0 Å². The minimum atomic E-state index is -0.914. The van der Waals surface area contributed by atoms with E-state index in [-0.39, 0.29) is 5.97 Å². The first-order valence-corrected chi connectivity index (χ1v) is 9.46. The van der Waals surface area contributed by atoms with Gasteiger partial charge in [-0.15, -0.1) is 0 Å². The fraction of sp³-hybridized carbons (Fsp3) is 0.714. The highest BCUT2D eigenvalue weighted by molar-refractivity contribution is 5.82. The van der Waals surface area contributed by atoms with Crippen molar-refractivity contribution in [3.8, 4) is 0 Å². The molecule has 1 N–H and O–H groups in total. The minimum absolute atomic E-state index is 0.212. The lowest BCUT2D eigenvalue weighted by molar-refractivity contribution is -0.177. The van der Waals surface area contributed by atoms with Gasteiger partial charge in [-0.05, 0) is 96.8 Å². The van der Waals surface area contributed by atoms with Gasteiger partial charge in [-0.3, -0.25) is 9.78 Å². The zero-order chi connectivity index (χ0) is 18.5. The van der Waals surface area contributed by atoms with Crippen molar-refractivity contribution < 1.29 is 14.6 Å². The number of nitrogens with zero attached hydrogens (tertiary/aromatic N) is 1. The van der Waals surface area contributed by atoms with Gasteiger partial charge in [0.2, 0.25) is 0 Å². The van der Waals surface area contributed by atoms with Crippen LogP contribution in [0.2, 0.25) is 0 Å². The third-order valence-corrected chi connectivity index (χ3v) is 5.82. The van der Waals surface area contributed by atoms with E-state index in [0.717, 1.165) is 37.1 Å². The summed E-state index contributed by atoms with van der Waals surface area (Å²) < 4.78 is 5.62. The van der Waals surface area contributed by atoms with Crippen LogP contribution in [-0.2, 0) is 9.53 Å². The summed E-state index contributed by atoms with van der Waals surface area (Å²) in [5.41, 5.74) is 1.31. The predicted octanol–water partition coefficient (Wildman–Crippen LogP) is 4.21. The normalized spacial score (nSPS) is 28.5. The molecule has 2 aliphatic rings. The van der Waals surface area contributed by atoms with Gasteiger partial charge >= 0.3 is 5.97 Å². The summed E-state index contributed by atoms with van der Waals surface area (Å²) in [6.45, 7) is 9.71. The zero-order valence-electron chi connectivity index (χ0n) is 16.2. The summed E-state index contributed by atoms with van der Waals surface area (Å²) in [7, 11) is 0. The number of carbonyl (C=O) groups is 1. The largest absolute Gasteiger partial charge is 0.459 e. The van der Waals surface area contributed by atoms with Crippen molar-refractivity contribution in [2.75, 3.05) is 0 Å². The molecular formula is C21H31NO3. The van der Waals surface area contributed by atoms with E-state index in [1.807, 2.05) is 34.6 Å². The maximum absolute atomic E-state index is 12.7. The first-order chi connectivity index (χ1) is 11.5. The van der Waals surface area contributed by atoms with Gasteiger partial charge < -0.3 is 9.84 Å². The Balaban J connectivity index is 1.71. The first-order valence-electron chi connectivity index (χ1n) is 9.46. The van der Waals surface area contributed by atoms with Crippen molar-refractivity contribution in [1.29, 1.82) is 0 Å². The van der Waals surface area contributed by atoms with Gasteiger partial charge in [0.15, 0.2) is 0 Å². The number of carbonyl (C=O) groups excluding carboxylic acids is 1. The fourth-order valence-electron chi connectivity index (χ4n) is 4.37. The van der Waals surface area contributed by atoms with Crippen molar-refractivity contribution in [2.24, 2.45) is 5.41 Å². The van der Waals surface area contributed by atoms with Crippen molar-refractivity contribution in [1.82, 2.24) is 4.98 Å². The summed E-state index contributed by atoms with van der Waals surface area (Å²) in [6.07, 6.45) is 4.63. The Morgan fingerprint density at radius 3 is 2.08 bits per heavy atom. The topological polar surface area (TPSA) is 59.4 Å². The van der Waals surface area contributed by atoms with Gasteiger partial charge in [0.1, 0.15) is 5.60 Å². The number of aryl methyl sites for hydroxylation is 2. The van der Waals surface area contributed by atoms with Crippen LogP contribution in [0.4, 0.5) is 0 Å². The Morgan fingerprint density at radius 2 is 1.64 bits per heavy atom. The summed E-state index contributed by atoms with van der Waals surface area (Å²) in [5, 5.41) is 11.3. The molecule has 2 saturated carbocycles. The lowest BCUT2D eigenvalue weighted by atomic mass is 9.68. The molecule has 0 atom stereocenters. The summed E-state index contributed by atoms with van der Waals surface area (Å²) in [4.78, 5) is 17.2. The van der Waals surface area contributed by atoms with Crippen LogP contribution < -0.4 is 0 Å². The van der Waals surface area contributed by atoms with Gasteiger partial charge in [0, 0.05) is 11.4 Å². The third kappa shape index (κ3) is 3.59. The van der Waals surface area contributed by atoms with E-state index in [1.165, 1.54) is 5.56 Å². The molecule has 2 aliphatic carbocycles. The number of aliphatic hydroxyl groups is 1. The highest BCUT2D eigenvalue weighted by Crippen LogP contribution is 2.61. The molecule has 1 heterocycles. The van der Waals surface area contributed by atoms with E-state index < -0.39 is 16.6 Å². The molecule has 0 saturated heterocycles. The van der Waals surface area contributed by atoms with E-state index in [2.05, 4.69) is 17.1 Å². The molecule has 1 aromatic heterocycles. The average molecular weight is 345 g/mol. The van der Waals surface area contributed by atoms with Crippen LogP contribution in [0.3, 0.4) is 0 Å². The Kier molecular flexibility index (Phi) is 4.47. The van der Waals surface area contributed by atoms with Crippen molar-refractivity contribution in [2.45, 2.75) is 90.3 Å². The van der Waals surface area contributed by atoms with E-state index >= 15 is 0 Å². The molecule has 0 radical (unpaired) electrons. The van der Waals surface area contributed by atoms with Crippen LogP contribution in [0.15, 0.2) is 12.1 Å². The van der Waals surface area contributed by atoms with Crippen molar-refractivity contribution >= 4 is 5.97 Å². The SMILES string of the molecule is Cc1cc(C2CCC(O)(C3(C(=O)OC(C)(C)C)CC3)CC2)cc(C)n1. The number of ether oxygens (including phenoxy) is 1. The molecule has 3 rings (SSSR count). The highest BCUT2D eigenvalue weighted by atomic mass is 16.6. The molecule has 0 unspecified atom stereocenters. The molecule has 25 heavy (non-hydrogen) atoms. The lowest BCUT2D eigenvalue weighted by Crippen LogP contribution is -2.48. The van der Waals surface area contributed by atoms with Gasteiger partial charge in [-0.1, -0.05) is 0 Å². The van der Waals surface area contributed by atoms with E-state index in [4.69, 9.17) is 4.74 Å². The third-order valence-electron chi connectivity index (χ3n) is 5.82. The van der Waals surface area contributed by atoms with Crippen LogP contribution in [0, 0.1) is 19.3 Å². The van der Waals surface area contributed by atoms with Gasteiger partial charge in [0.25, 0.3) is 0 Å². The fourth-order valence-corrected chi connectivity index (χ4v) is 4.37. The zero-order valence-corrected chi connectivity index (χ0v) is 16.2. The number of aromatic nitrogens is 1. The molecule has 0 aromatic carbocycles. The second kappa shape index (κ2) is 6.08. The Bertz CT molecular complexity index is 642. The number of hydrogen-bond donors (Lipinski definition) is 1. The van der Waals surface area contributed by atoms with Crippen molar-refractivity contribution in [3.63, 3.8) is 0 Å². The van der Waals surface area contributed by atoms with Crippen molar-refractivity contribution in [3.05, 3.63) is 29.1 Å². The number of pyridine rings is 1. The minimum Gasteiger partial charge on any atom is -0.459 e. The van der Waals surface area contributed by atoms with E-state index in [1.54, 1.807) is 0 Å². The average Bonchev–Trinajstić information content (AvgIpc) is 3.27. The van der Waals surface area contributed by atoms with Crippen LogP contribution >= 0.6 is 0 Å². The van der Waals surface area contributed by atoms with E-state index in [0.29, 0.717) is 18.8 Å². The van der Waals surface area contributed by atoms with Crippen LogP contribution in [0.5, 0.6) is 0 Å². The predicted molar refractivity (Wildman–Crippen MR) is 97.4 cm³/mol. The molecular weight excluding hydrogens is 314 g/mol. The Hall–Kier alpha value is -1.42. The van der Waals surface area contributed by atoms with Crippen LogP contribution in [0.1, 0.15) is 82.2 Å². The number of esters is 1. The van der Waals surface area contributed by atoms with Crippen LogP contribution in [0.25, 0.3) is 0 Å². The molecule has 0 spiro atoms. The molecule has 1 aromatic rings. The van der Waals surface area contributed by atoms with E-state index in [9.17, 15) is 9.90 Å². The van der Waals surface area contributed by atoms with Gasteiger partial charge in [-0.2, -0.15) is 0 Å². The molecule has 138 valence electrons. The number of hydrogen-bond acceptors (Lipinski definition) is 4. The molecule has 4 heteroatoms. The number of rotatable bonds is 3. The first kappa shape index (κ1) is 18.4. The smallest absolute Gasteiger partial charge is 0.315 e. The molecule has 2 fully saturated rings. The maximum Gasteiger partial charge on any atom is 0.315 e.